The van der Waals surface area contributed by atoms with Gasteiger partial charge in [0.25, 0.3) is 5.24 Å². The Bertz CT molecular complexity index is 996. The van der Waals surface area contributed by atoms with E-state index >= 15 is 0 Å². The number of benzene rings is 2. The number of amides is 1. The Morgan fingerprint density at radius 3 is 2.77 bits per heavy atom. The molecule has 0 bridgehead atoms. The summed E-state index contributed by atoms with van der Waals surface area (Å²) < 4.78 is 7.48. The van der Waals surface area contributed by atoms with Crippen molar-refractivity contribution in [3.05, 3.63) is 65.9 Å². The number of methoxy groups -OCH3 is 1. The van der Waals surface area contributed by atoms with Gasteiger partial charge in [-0.1, -0.05) is 30.3 Å². The molecule has 1 amide bonds. The van der Waals surface area contributed by atoms with Crippen LogP contribution >= 0.6 is 11.8 Å². The molecule has 4 rings (SSSR count). The van der Waals surface area contributed by atoms with Crippen molar-refractivity contribution in [3.63, 3.8) is 0 Å². The van der Waals surface area contributed by atoms with Gasteiger partial charge >= 0.3 is 0 Å². The molecule has 26 heavy (non-hydrogen) atoms. The lowest BCUT2D eigenvalue weighted by atomic mass is 10.1. The fraction of sp³-hybridized carbons (Fsp3) is 0.200. The maximum atomic E-state index is 12.0. The molecule has 2 heterocycles. The molecule has 1 aliphatic rings. The van der Waals surface area contributed by atoms with Gasteiger partial charge in [0, 0.05) is 41.8 Å². The van der Waals surface area contributed by atoms with E-state index in [0.717, 1.165) is 39.5 Å². The van der Waals surface area contributed by atoms with E-state index in [0.29, 0.717) is 13.0 Å². The second kappa shape index (κ2) is 6.88. The summed E-state index contributed by atoms with van der Waals surface area (Å²) in [5, 5.41) is 3.47. The normalized spacial score (nSPS) is 16.9. The van der Waals surface area contributed by atoms with Crippen LogP contribution in [0.5, 0.6) is 5.75 Å². The molecule has 1 saturated heterocycles. The molecule has 2 aromatic carbocycles. The third kappa shape index (κ3) is 3.20. The zero-order valence-corrected chi connectivity index (χ0v) is 15.1. The number of fused-ring (bicyclic) bond motifs is 1. The lowest BCUT2D eigenvalue weighted by Gasteiger charge is -2.07. The molecule has 3 aromatic rings. The first-order chi connectivity index (χ1) is 12.6. The van der Waals surface area contributed by atoms with Crippen molar-refractivity contribution < 1.29 is 14.3 Å². The standard InChI is InChI=1S/C20H18N2O3S/c1-25-15-6-4-5-13(9-15)11-22-12-14(16-7-2-3-8-18(16)22)10-17-19(23)26-20(24)21-17/h2-9,12,17H,10-11H2,1H3,(H,21,24). The van der Waals surface area contributed by atoms with Crippen LogP contribution in [0.3, 0.4) is 0 Å². The third-order valence-corrected chi connectivity index (χ3v) is 5.34. The Hall–Kier alpha value is -2.73. The quantitative estimate of drug-likeness (QED) is 0.750. The third-order valence-electron chi connectivity index (χ3n) is 4.55. The number of nitrogens with zero attached hydrogens (tertiary/aromatic N) is 1. The topological polar surface area (TPSA) is 60.3 Å². The Morgan fingerprint density at radius 1 is 1.15 bits per heavy atom. The van der Waals surface area contributed by atoms with E-state index in [4.69, 9.17) is 4.74 Å². The predicted molar refractivity (Wildman–Crippen MR) is 103 cm³/mol. The molecule has 0 radical (unpaired) electrons. The summed E-state index contributed by atoms with van der Waals surface area (Å²) >= 11 is 0.757. The highest BCUT2D eigenvalue weighted by Gasteiger charge is 2.31. The van der Waals surface area contributed by atoms with Crippen molar-refractivity contribution in [3.8, 4) is 5.75 Å². The van der Waals surface area contributed by atoms with Crippen molar-refractivity contribution in [1.29, 1.82) is 0 Å². The van der Waals surface area contributed by atoms with Crippen LogP contribution in [-0.4, -0.2) is 28.1 Å². The smallest absolute Gasteiger partial charge is 0.287 e. The van der Waals surface area contributed by atoms with Crippen LogP contribution in [0.1, 0.15) is 11.1 Å². The van der Waals surface area contributed by atoms with Crippen LogP contribution in [-0.2, 0) is 17.8 Å². The number of carbonyl (C=O) groups excluding carboxylic acids is 2. The first kappa shape index (κ1) is 16.7. The van der Waals surface area contributed by atoms with Crippen LogP contribution in [0.4, 0.5) is 4.79 Å². The molecule has 132 valence electrons. The maximum absolute atomic E-state index is 12.0. The largest absolute Gasteiger partial charge is 0.497 e. The minimum Gasteiger partial charge on any atom is -0.497 e. The van der Waals surface area contributed by atoms with E-state index in [1.165, 1.54) is 0 Å². The van der Waals surface area contributed by atoms with Crippen LogP contribution in [0.25, 0.3) is 10.9 Å². The number of rotatable bonds is 5. The Morgan fingerprint density at radius 2 is 2.00 bits per heavy atom. The van der Waals surface area contributed by atoms with E-state index in [9.17, 15) is 9.59 Å². The van der Waals surface area contributed by atoms with Crippen LogP contribution in [0, 0.1) is 0 Å². The lowest BCUT2D eigenvalue weighted by molar-refractivity contribution is -0.112. The van der Waals surface area contributed by atoms with Gasteiger partial charge in [-0.25, -0.2) is 0 Å². The summed E-state index contributed by atoms with van der Waals surface area (Å²) in [4.78, 5) is 23.4. The zero-order valence-electron chi connectivity index (χ0n) is 14.3. The molecule has 1 atom stereocenters. The average Bonchev–Trinajstić information content (AvgIpc) is 3.15. The van der Waals surface area contributed by atoms with E-state index in [1.807, 2.05) is 30.3 Å². The lowest BCUT2D eigenvalue weighted by Crippen LogP contribution is -2.30. The number of ether oxygens (including phenoxy) is 1. The first-order valence-corrected chi connectivity index (χ1v) is 9.17. The maximum Gasteiger partial charge on any atom is 0.287 e. The highest BCUT2D eigenvalue weighted by atomic mass is 32.2. The van der Waals surface area contributed by atoms with Crippen molar-refractivity contribution in [2.75, 3.05) is 7.11 Å². The number of hydrogen-bond donors (Lipinski definition) is 1. The van der Waals surface area contributed by atoms with Gasteiger partial charge in [-0.3, -0.25) is 9.59 Å². The molecule has 0 saturated carbocycles. The number of nitrogens with one attached hydrogen (secondary N) is 1. The second-order valence-corrected chi connectivity index (χ2v) is 7.24. The summed E-state index contributed by atoms with van der Waals surface area (Å²) in [7, 11) is 1.66. The van der Waals surface area contributed by atoms with Gasteiger partial charge in [0.05, 0.1) is 7.11 Å². The molecule has 1 unspecified atom stereocenters. The van der Waals surface area contributed by atoms with Crippen LogP contribution in [0.2, 0.25) is 0 Å². The molecule has 0 aliphatic carbocycles. The number of para-hydroxylation sites is 1. The molecular weight excluding hydrogens is 348 g/mol. The van der Waals surface area contributed by atoms with Crippen molar-refractivity contribution >= 4 is 33.0 Å². The summed E-state index contributed by atoms with van der Waals surface area (Å²) in [6, 6.07) is 15.7. The molecule has 5 nitrogen and oxygen atoms in total. The number of aromatic nitrogens is 1. The monoisotopic (exact) mass is 366 g/mol. The fourth-order valence-electron chi connectivity index (χ4n) is 3.33. The Balaban J connectivity index is 1.67. The summed E-state index contributed by atoms with van der Waals surface area (Å²) in [6.45, 7) is 0.706. The molecule has 0 spiro atoms. The van der Waals surface area contributed by atoms with Crippen LogP contribution in [0.15, 0.2) is 54.7 Å². The molecular formula is C20H18N2O3S. The van der Waals surface area contributed by atoms with Crippen molar-refractivity contribution in [1.82, 2.24) is 9.88 Å². The summed E-state index contributed by atoms with van der Waals surface area (Å²) in [5.41, 5.74) is 3.30. The van der Waals surface area contributed by atoms with Gasteiger partial charge in [0.1, 0.15) is 11.8 Å². The van der Waals surface area contributed by atoms with Crippen LogP contribution < -0.4 is 10.1 Å². The molecule has 1 aromatic heterocycles. The van der Waals surface area contributed by atoms with Gasteiger partial charge < -0.3 is 14.6 Å². The highest BCUT2D eigenvalue weighted by molar-refractivity contribution is 8.26. The molecule has 1 fully saturated rings. The second-order valence-electron chi connectivity index (χ2n) is 6.26. The molecule has 1 N–H and O–H groups in total. The van der Waals surface area contributed by atoms with Crippen molar-refractivity contribution in [2.45, 2.75) is 19.0 Å². The average molecular weight is 366 g/mol. The van der Waals surface area contributed by atoms with E-state index in [-0.39, 0.29) is 10.4 Å². The van der Waals surface area contributed by atoms with E-state index in [2.05, 4.69) is 34.3 Å². The minimum absolute atomic E-state index is 0.111. The van der Waals surface area contributed by atoms with E-state index in [1.54, 1.807) is 7.11 Å². The number of thioether (sulfide) groups is 1. The van der Waals surface area contributed by atoms with Gasteiger partial charge in [0.15, 0.2) is 0 Å². The zero-order chi connectivity index (χ0) is 18.1. The van der Waals surface area contributed by atoms with Gasteiger partial charge in [-0.15, -0.1) is 0 Å². The van der Waals surface area contributed by atoms with Crippen molar-refractivity contribution in [2.24, 2.45) is 0 Å². The molecule has 6 heteroatoms. The summed E-state index contributed by atoms with van der Waals surface area (Å²) in [6.07, 6.45) is 2.58. The number of carbonyl (C=O) groups is 2. The van der Waals surface area contributed by atoms with Gasteiger partial charge in [-0.05, 0) is 29.3 Å². The fourth-order valence-corrected chi connectivity index (χ4v) is 4.00. The SMILES string of the molecule is COc1cccc(Cn2cc(CC3NC(=O)SC3=O)c3ccccc32)c1. The van der Waals surface area contributed by atoms with Gasteiger partial charge in [-0.2, -0.15) is 0 Å². The summed E-state index contributed by atoms with van der Waals surface area (Å²) in [5.74, 6) is 0.829. The highest BCUT2D eigenvalue weighted by Crippen LogP contribution is 2.27. The Labute approximate surface area is 155 Å². The minimum atomic E-state index is -0.455. The molecule has 1 aliphatic heterocycles. The predicted octanol–water partition coefficient (Wildman–Crippen LogP) is 3.59. The Kier molecular flexibility index (Phi) is 4.42. The number of hydrogen-bond acceptors (Lipinski definition) is 4. The van der Waals surface area contributed by atoms with E-state index < -0.39 is 6.04 Å². The first-order valence-electron chi connectivity index (χ1n) is 8.36. The van der Waals surface area contributed by atoms with Gasteiger partial charge in [0.2, 0.25) is 5.12 Å².